The fourth-order valence-electron chi connectivity index (χ4n) is 1.27. The first-order valence-electron chi connectivity index (χ1n) is 3.63. The molecule has 0 bridgehead atoms. The molecule has 1 fully saturated rings. The van der Waals surface area contributed by atoms with Crippen molar-refractivity contribution in [3.63, 3.8) is 0 Å². The van der Waals surface area contributed by atoms with Crippen LogP contribution < -0.4 is 10.6 Å². The van der Waals surface area contributed by atoms with Gasteiger partial charge in [0.2, 0.25) is 11.1 Å². The van der Waals surface area contributed by atoms with E-state index in [-0.39, 0.29) is 0 Å². The molecule has 6 heteroatoms. The molecular formula is C6H10N4OS. The number of hydrogen-bond donors (Lipinski definition) is 2. The standard InChI is InChI=1S/C6H10N4OS/c1-6(11)2-10(3-6)5-8-4(7)9-12-5/h11H,2-3H2,1H3,(H2,7,9). The van der Waals surface area contributed by atoms with Crippen molar-refractivity contribution >= 4 is 22.6 Å². The second-order valence-corrected chi connectivity index (χ2v) is 4.02. The van der Waals surface area contributed by atoms with Crippen LogP contribution in [-0.2, 0) is 0 Å². The van der Waals surface area contributed by atoms with E-state index in [1.165, 1.54) is 11.5 Å². The minimum absolute atomic E-state index is 0.307. The Kier molecular flexibility index (Phi) is 1.49. The first-order valence-corrected chi connectivity index (χ1v) is 4.41. The fraction of sp³-hybridized carbons (Fsp3) is 0.667. The maximum atomic E-state index is 9.44. The predicted octanol–water partition coefficient (Wildman–Crippen LogP) is -0.309. The SMILES string of the molecule is CC1(O)CN(c2nc(N)ns2)C1. The first kappa shape index (κ1) is 7.75. The number of aliphatic hydroxyl groups is 1. The van der Waals surface area contributed by atoms with Crippen molar-refractivity contribution in [1.82, 2.24) is 9.36 Å². The number of nitrogen functional groups attached to an aromatic ring is 1. The zero-order valence-electron chi connectivity index (χ0n) is 6.69. The van der Waals surface area contributed by atoms with E-state index in [0.717, 1.165) is 5.13 Å². The molecule has 0 aliphatic carbocycles. The highest BCUT2D eigenvalue weighted by molar-refractivity contribution is 7.09. The summed E-state index contributed by atoms with van der Waals surface area (Å²) in [6.07, 6.45) is 0. The van der Waals surface area contributed by atoms with Crippen LogP contribution in [-0.4, -0.2) is 33.2 Å². The highest BCUT2D eigenvalue weighted by Gasteiger charge is 2.38. The molecule has 2 heterocycles. The number of rotatable bonds is 1. The highest BCUT2D eigenvalue weighted by atomic mass is 32.1. The van der Waals surface area contributed by atoms with Crippen LogP contribution in [0.3, 0.4) is 0 Å². The van der Waals surface area contributed by atoms with Crippen molar-refractivity contribution in [2.24, 2.45) is 0 Å². The van der Waals surface area contributed by atoms with Gasteiger partial charge in [0.15, 0.2) is 0 Å². The van der Waals surface area contributed by atoms with Crippen molar-refractivity contribution in [2.45, 2.75) is 12.5 Å². The normalized spacial score (nSPS) is 20.7. The zero-order chi connectivity index (χ0) is 8.77. The molecule has 0 spiro atoms. The van der Waals surface area contributed by atoms with E-state index in [1.807, 2.05) is 4.90 Å². The van der Waals surface area contributed by atoms with Crippen LogP contribution >= 0.6 is 11.5 Å². The molecule has 0 unspecified atom stereocenters. The quantitative estimate of drug-likeness (QED) is 0.629. The molecule has 0 aromatic carbocycles. The highest BCUT2D eigenvalue weighted by Crippen LogP contribution is 2.28. The molecule has 1 aliphatic rings. The summed E-state index contributed by atoms with van der Waals surface area (Å²) in [5.74, 6) is 0.307. The van der Waals surface area contributed by atoms with Gasteiger partial charge in [-0.15, -0.1) is 0 Å². The van der Waals surface area contributed by atoms with E-state index in [9.17, 15) is 5.11 Å². The summed E-state index contributed by atoms with van der Waals surface area (Å²) in [7, 11) is 0. The van der Waals surface area contributed by atoms with Gasteiger partial charge in [0.05, 0.1) is 18.7 Å². The van der Waals surface area contributed by atoms with Gasteiger partial charge in [-0.25, -0.2) is 0 Å². The maximum Gasteiger partial charge on any atom is 0.233 e. The van der Waals surface area contributed by atoms with Crippen LogP contribution in [0.5, 0.6) is 0 Å². The summed E-state index contributed by atoms with van der Waals surface area (Å²) in [5, 5.41) is 10.2. The number of nitrogens with two attached hydrogens (primary N) is 1. The van der Waals surface area contributed by atoms with Crippen molar-refractivity contribution in [1.29, 1.82) is 0 Å². The number of hydrogen-bond acceptors (Lipinski definition) is 6. The Morgan fingerprint density at radius 1 is 1.67 bits per heavy atom. The largest absolute Gasteiger partial charge is 0.386 e. The number of aromatic nitrogens is 2. The van der Waals surface area contributed by atoms with Gasteiger partial charge in [0.25, 0.3) is 0 Å². The Bertz CT molecular complexity index is 289. The maximum absolute atomic E-state index is 9.44. The smallest absolute Gasteiger partial charge is 0.233 e. The van der Waals surface area contributed by atoms with Crippen LogP contribution in [0.2, 0.25) is 0 Å². The number of anilines is 2. The molecule has 0 radical (unpaired) electrons. The summed E-state index contributed by atoms with van der Waals surface area (Å²) >= 11 is 1.26. The Morgan fingerprint density at radius 3 is 2.75 bits per heavy atom. The van der Waals surface area contributed by atoms with Gasteiger partial charge < -0.3 is 15.7 Å². The monoisotopic (exact) mass is 186 g/mol. The molecule has 0 atom stereocenters. The lowest BCUT2D eigenvalue weighted by molar-refractivity contribution is 0.0310. The van der Waals surface area contributed by atoms with Crippen LogP contribution in [0.1, 0.15) is 6.92 Å². The number of β-amino-alcohol motifs (C(OH)–C–C–N with tert-alkyl or cyclic N) is 1. The van der Waals surface area contributed by atoms with Crippen molar-refractivity contribution < 1.29 is 5.11 Å². The second-order valence-electron chi connectivity index (χ2n) is 3.29. The molecule has 12 heavy (non-hydrogen) atoms. The first-order chi connectivity index (χ1) is 5.57. The third-order valence-electron chi connectivity index (χ3n) is 1.76. The average Bonchev–Trinajstić information content (AvgIpc) is 2.30. The van der Waals surface area contributed by atoms with Gasteiger partial charge in [-0.2, -0.15) is 9.36 Å². The van der Waals surface area contributed by atoms with Crippen molar-refractivity contribution in [2.75, 3.05) is 23.7 Å². The second kappa shape index (κ2) is 2.30. The lowest BCUT2D eigenvalue weighted by Gasteiger charge is -2.43. The topological polar surface area (TPSA) is 75.3 Å². The summed E-state index contributed by atoms with van der Waals surface area (Å²) < 4.78 is 3.85. The summed E-state index contributed by atoms with van der Waals surface area (Å²) in [6, 6.07) is 0. The van der Waals surface area contributed by atoms with E-state index in [0.29, 0.717) is 19.0 Å². The Labute approximate surface area is 74.0 Å². The van der Waals surface area contributed by atoms with Gasteiger partial charge in [-0.3, -0.25) is 0 Å². The van der Waals surface area contributed by atoms with Crippen molar-refractivity contribution in [3.8, 4) is 0 Å². The molecule has 1 aliphatic heterocycles. The van der Waals surface area contributed by atoms with Crippen LogP contribution in [0.25, 0.3) is 0 Å². The van der Waals surface area contributed by atoms with Gasteiger partial charge in [0, 0.05) is 11.5 Å². The fourth-order valence-corrected chi connectivity index (χ4v) is 1.86. The van der Waals surface area contributed by atoms with Gasteiger partial charge >= 0.3 is 0 Å². The van der Waals surface area contributed by atoms with E-state index >= 15 is 0 Å². The molecule has 2 rings (SSSR count). The summed E-state index contributed by atoms with van der Waals surface area (Å²) in [4.78, 5) is 5.95. The molecule has 0 saturated carbocycles. The minimum atomic E-state index is -0.569. The number of nitrogens with zero attached hydrogens (tertiary/aromatic N) is 3. The third-order valence-corrected chi connectivity index (χ3v) is 2.56. The van der Waals surface area contributed by atoms with Crippen LogP contribution in [0, 0.1) is 0 Å². The van der Waals surface area contributed by atoms with E-state index in [2.05, 4.69) is 9.36 Å². The van der Waals surface area contributed by atoms with Gasteiger partial charge in [-0.1, -0.05) is 0 Å². The zero-order valence-corrected chi connectivity index (χ0v) is 7.51. The minimum Gasteiger partial charge on any atom is -0.386 e. The van der Waals surface area contributed by atoms with E-state index < -0.39 is 5.60 Å². The summed E-state index contributed by atoms with van der Waals surface area (Å²) in [6.45, 7) is 3.02. The molecular weight excluding hydrogens is 176 g/mol. The molecule has 1 aromatic rings. The van der Waals surface area contributed by atoms with Crippen molar-refractivity contribution in [3.05, 3.63) is 0 Å². The molecule has 1 aromatic heterocycles. The Morgan fingerprint density at radius 2 is 2.33 bits per heavy atom. The Hall–Kier alpha value is -0.880. The van der Waals surface area contributed by atoms with Crippen LogP contribution in [0.15, 0.2) is 0 Å². The Balaban J connectivity index is 2.06. The predicted molar refractivity (Wildman–Crippen MR) is 47.2 cm³/mol. The van der Waals surface area contributed by atoms with Gasteiger partial charge in [0.1, 0.15) is 0 Å². The van der Waals surface area contributed by atoms with Gasteiger partial charge in [-0.05, 0) is 6.92 Å². The average molecular weight is 186 g/mol. The lowest BCUT2D eigenvalue weighted by Crippen LogP contribution is -2.60. The molecule has 66 valence electrons. The lowest BCUT2D eigenvalue weighted by atomic mass is 9.98. The van der Waals surface area contributed by atoms with Crippen LogP contribution in [0.4, 0.5) is 11.1 Å². The summed E-state index contributed by atoms with van der Waals surface area (Å²) in [5.41, 5.74) is 4.79. The van der Waals surface area contributed by atoms with E-state index in [4.69, 9.17) is 5.73 Å². The molecule has 0 amide bonds. The molecule has 3 N–H and O–H groups in total. The third kappa shape index (κ3) is 1.23. The van der Waals surface area contributed by atoms with E-state index in [1.54, 1.807) is 6.92 Å². The molecule has 5 nitrogen and oxygen atoms in total. The molecule has 1 saturated heterocycles.